The Morgan fingerprint density at radius 2 is 1.25 bits per heavy atom. The van der Waals surface area contributed by atoms with Gasteiger partial charge in [0.2, 0.25) is 0 Å². The zero-order valence-electron chi connectivity index (χ0n) is 13.9. The van der Waals surface area contributed by atoms with Crippen molar-refractivity contribution >= 4 is 11.4 Å². The van der Waals surface area contributed by atoms with E-state index in [-0.39, 0.29) is 0 Å². The second kappa shape index (κ2) is 11.1. The third kappa shape index (κ3) is 5.08. The van der Waals surface area contributed by atoms with E-state index < -0.39 is 0 Å². The molecule has 0 saturated carbocycles. The first-order chi connectivity index (χ1) is 9.83. The molecule has 0 unspecified atom stereocenters. The van der Waals surface area contributed by atoms with Gasteiger partial charge in [0.15, 0.2) is 0 Å². The Morgan fingerprint density at radius 1 is 0.750 bits per heavy atom. The van der Waals surface area contributed by atoms with Gasteiger partial charge in [-0.25, -0.2) is 0 Å². The van der Waals surface area contributed by atoms with E-state index in [2.05, 4.69) is 67.4 Å². The van der Waals surface area contributed by atoms with Crippen molar-refractivity contribution in [2.45, 2.75) is 41.0 Å². The molecular formula is C19H29N. The highest BCUT2D eigenvalue weighted by atomic mass is 15.1. The number of aryl methyl sites for hydroxylation is 1. The lowest BCUT2D eigenvalue weighted by atomic mass is 10.1. The lowest BCUT2D eigenvalue weighted by Crippen LogP contribution is -2.11. The van der Waals surface area contributed by atoms with Crippen molar-refractivity contribution in [3.63, 3.8) is 0 Å². The summed E-state index contributed by atoms with van der Waals surface area (Å²) < 4.78 is 0. The summed E-state index contributed by atoms with van der Waals surface area (Å²) in [6.07, 6.45) is 1.06. The maximum atomic E-state index is 2.23. The molecule has 0 heterocycles. The number of hydrogen-bond donors (Lipinski definition) is 0. The van der Waals surface area contributed by atoms with Gasteiger partial charge in [-0.3, -0.25) is 0 Å². The van der Waals surface area contributed by atoms with Crippen LogP contribution in [0.1, 0.15) is 40.2 Å². The Kier molecular flexibility index (Phi) is 10.1. The minimum Gasteiger partial charge on any atom is -0.344 e. The number of para-hydroxylation sites is 2. The number of hydrogen-bond acceptors (Lipinski definition) is 1. The second-order valence-electron chi connectivity index (χ2n) is 3.88. The van der Waals surface area contributed by atoms with Crippen molar-refractivity contribution in [1.29, 1.82) is 0 Å². The van der Waals surface area contributed by atoms with Crippen LogP contribution < -0.4 is 4.90 Å². The number of anilines is 2. The van der Waals surface area contributed by atoms with Crippen LogP contribution in [-0.2, 0) is 6.42 Å². The van der Waals surface area contributed by atoms with Gasteiger partial charge in [0.05, 0.1) is 0 Å². The first-order valence-electron chi connectivity index (χ1n) is 7.69. The Bertz CT molecular complexity index is 448. The summed E-state index contributed by atoms with van der Waals surface area (Å²) in [5, 5.41) is 0. The summed E-state index contributed by atoms with van der Waals surface area (Å²) in [5.41, 5.74) is 3.90. The molecule has 0 radical (unpaired) electrons. The summed E-state index contributed by atoms with van der Waals surface area (Å²) >= 11 is 0. The number of benzene rings is 2. The fraction of sp³-hybridized carbons (Fsp3) is 0.368. The van der Waals surface area contributed by atoms with Crippen LogP contribution in [-0.4, -0.2) is 7.05 Å². The molecule has 0 N–H and O–H groups in total. The molecule has 0 spiro atoms. The van der Waals surface area contributed by atoms with Crippen LogP contribution in [0.15, 0.2) is 54.6 Å². The van der Waals surface area contributed by atoms with Crippen molar-refractivity contribution in [2.24, 2.45) is 0 Å². The van der Waals surface area contributed by atoms with E-state index in [1.54, 1.807) is 0 Å². The SMILES string of the molecule is CC.CC.CCc1ccccc1N(C)c1ccccc1. The summed E-state index contributed by atoms with van der Waals surface area (Å²) in [4.78, 5) is 2.23. The molecule has 0 amide bonds. The minimum atomic E-state index is 1.06. The summed E-state index contributed by atoms with van der Waals surface area (Å²) in [7, 11) is 2.11. The molecule has 2 aromatic carbocycles. The largest absolute Gasteiger partial charge is 0.344 e. The molecule has 0 saturated heterocycles. The quantitative estimate of drug-likeness (QED) is 0.655. The van der Waals surface area contributed by atoms with Crippen LogP contribution >= 0.6 is 0 Å². The van der Waals surface area contributed by atoms with Gasteiger partial charge in [0, 0.05) is 18.4 Å². The van der Waals surface area contributed by atoms with Gasteiger partial charge in [0.25, 0.3) is 0 Å². The molecule has 2 aromatic rings. The normalized spacial score (nSPS) is 8.70. The molecule has 0 atom stereocenters. The van der Waals surface area contributed by atoms with Gasteiger partial charge in [-0.1, -0.05) is 71.0 Å². The van der Waals surface area contributed by atoms with Crippen molar-refractivity contribution in [2.75, 3.05) is 11.9 Å². The molecule has 0 aromatic heterocycles. The summed E-state index contributed by atoms with van der Waals surface area (Å²) in [6.45, 7) is 10.2. The predicted molar refractivity (Wildman–Crippen MR) is 93.0 cm³/mol. The van der Waals surface area contributed by atoms with Gasteiger partial charge in [-0.15, -0.1) is 0 Å². The summed E-state index contributed by atoms with van der Waals surface area (Å²) in [5.74, 6) is 0. The Hall–Kier alpha value is -1.76. The maximum Gasteiger partial charge on any atom is 0.0440 e. The van der Waals surface area contributed by atoms with E-state index in [9.17, 15) is 0 Å². The fourth-order valence-electron chi connectivity index (χ4n) is 1.93. The molecular weight excluding hydrogens is 242 g/mol. The van der Waals surface area contributed by atoms with E-state index in [0.29, 0.717) is 0 Å². The molecule has 1 nitrogen and oxygen atoms in total. The lowest BCUT2D eigenvalue weighted by molar-refractivity contribution is 1.09. The molecule has 2 rings (SSSR count). The topological polar surface area (TPSA) is 3.24 Å². The first-order valence-corrected chi connectivity index (χ1v) is 7.69. The van der Waals surface area contributed by atoms with Crippen molar-refractivity contribution < 1.29 is 0 Å². The highest BCUT2D eigenvalue weighted by Crippen LogP contribution is 2.26. The van der Waals surface area contributed by atoms with E-state index in [4.69, 9.17) is 0 Å². The maximum absolute atomic E-state index is 2.23. The molecule has 0 aliphatic carbocycles. The average molecular weight is 271 g/mol. The van der Waals surface area contributed by atoms with Crippen LogP contribution in [0.5, 0.6) is 0 Å². The summed E-state index contributed by atoms with van der Waals surface area (Å²) in [6, 6.07) is 19.0. The molecule has 0 bridgehead atoms. The van der Waals surface area contributed by atoms with Gasteiger partial charge in [0.1, 0.15) is 0 Å². The van der Waals surface area contributed by atoms with Crippen molar-refractivity contribution in [3.05, 3.63) is 60.2 Å². The number of nitrogens with zero attached hydrogens (tertiary/aromatic N) is 1. The third-order valence-corrected chi connectivity index (χ3v) is 2.88. The molecule has 0 fully saturated rings. The minimum absolute atomic E-state index is 1.06. The number of rotatable bonds is 3. The van der Waals surface area contributed by atoms with Gasteiger partial charge in [-0.2, -0.15) is 0 Å². The lowest BCUT2D eigenvalue weighted by Gasteiger charge is -2.22. The van der Waals surface area contributed by atoms with Crippen molar-refractivity contribution in [1.82, 2.24) is 0 Å². The smallest absolute Gasteiger partial charge is 0.0440 e. The third-order valence-electron chi connectivity index (χ3n) is 2.88. The van der Waals surface area contributed by atoms with Crippen LogP contribution in [0.2, 0.25) is 0 Å². The van der Waals surface area contributed by atoms with Crippen LogP contribution in [0.3, 0.4) is 0 Å². The molecule has 1 heteroatoms. The monoisotopic (exact) mass is 271 g/mol. The average Bonchev–Trinajstić information content (AvgIpc) is 2.58. The highest BCUT2D eigenvalue weighted by molar-refractivity contribution is 5.65. The molecule has 110 valence electrons. The van der Waals surface area contributed by atoms with Crippen LogP contribution in [0.4, 0.5) is 11.4 Å². The van der Waals surface area contributed by atoms with E-state index in [1.807, 2.05) is 33.8 Å². The highest BCUT2D eigenvalue weighted by Gasteiger charge is 2.06. The molecule has 0 aliphatic rings. The Balaban J connectivity index is 0.000000829. The molecule has 0 aliphatic heterocycles. The zero-order valence-corrected chi connectivity index (χ0v) is 13.9. The fourth-order valence-corrected chi connectivity index (χ4v) is 1.93. The first kappa shape index (κ1) is 18.2. The van der Waals surface area contributed by atoms with Gasteiger partial charge in [-0.05, 0) is 30.2 Å². The van der Waals surface area contributed by atoms with Crippen LogP contribution in [0.25, 0.3) is 0 Å². The Morgan fingerprint density at radius 3 is 1.80 bits per heavy atom. The van der Waals surface area contributed by atoms with Crippen LogP contribution in [0, 0.1) is 0 Å². The van der Waals surface area contributed by atoms with E-state index in [0.717, 1.165) is 6.42 Å². The van der Waals surface area contributed by atoms with E-state index >= 15 is 0 Å². The van der Waals surface area contributed by atoms with E-state index in [1.165, 1.54) is 16.9 Å². The standard InChI is InChI=1S/C15H17N.2C2H6/c1-3-13-9-7-8-12-15(13)16(2)14-10-5-4-6-11-14;2*1-2/h4-12H,3H2,1-2H3;2*1-2H3. The van der Waals surface area contributed by atoms with Crippen molar-refractivity contribution in [3.8, 4) is 0 Å². The molecule has 20 heavy (non-hydrogen) atoms. The zero-order chi connectivity index (χ0) is 15.4. The van der Waals surface area contributed by atoms with Gasteiger partial charge >= 0.3 is 0 Å². The second-order valence-corrected chi connectivity index (χ2v) is 3.88. The predicted octanol–water partition coefficient (Wildman–Crippen LogP) is 6.07. The Labute approximate surface area is 125 Å². The van der Waals surface area contributed by atoms with Gasteiger partial charge < -0.3 is 4.90 Å².